The number of rotatable bonds is 4. The van der Waals surface area contributed by atoms with Crippen LogP contribution in [-0.4, -0.2) is 27.3 Å². The van der Waals surface area contributed by atoms with Gasteiger partial charge < -0.3 is 13.8 Å². The van der Waals surface area contributed by atoms with Crippen LogP contribution in [0.1, 0.15) is 34.4 Å². The number of hydrogen-bond acceptors (Lipinski definition) is 5. The Morgan fingerprint density at radius 2 is 2.28 bits per heavy atom. The van der Waals surface area contributed by atoms with Crippen molar-refractivity contribution in [3.05, 3.63) is 35.2 Å². The average Bonchev–Trinajstić information content (AvgIpc) is 2.92. The van der Waals surface area contributed by atoms with E-state index in [-0.39, 0.29) is 0 Å². The van der Waals surface area contributed by atoms with Gasteiger partial charge in [-0.3, -0.25) is 0 Å². The van der Waals surface area contributed by atoms with Gasteiger partial charge in [0.25, 0.3) is 0 Å². The fourth-order valence-electron chi connectivity index (χ4n) is 1.67. The van der Waals surface area contributed by atoms with E-state index in [1.807, 2.05) is 13.8 Å². The topological polar surface area (TPSA) is 70.2 Å². The van der Waals surface area contributed by atoms with Crippen molar-refractivity contribution in [2.75, 3.05) is 6.61 Å². The van der Waals surface area contributed by atoms with Gasteiger partial charge in [0, 0.05) is 11.8 Å². The largest absolute Gasteiger partial charge is 0.461 e. The molecule has 2 rings (SSSR count). The Hall–Kier alpha value is -2.11. The van der Waals surface area contributed by atoms with Crippen LogP contribution >= 0.6 is 0 Å². The van der Waals surface area contributed by atoms with Crippen LogP contribution < -0.4 is 0 Å². The van der Waals surface area contributed by atoms with Crippen LogP contribution in [0, 0.1) is 13.8 Å². The fraction of sp³-hybridized carbons (Fsp3) is 0.417. The zero-order chi connectivity index (χ0) is 13.1. The maximum Gasteiger partial charge on any atom is 0.358 e. The van der Waals surface area contributed by atoms with Crippen LogP contribution in [0.5, 0.6) is 0 Å². The number of carbonyl (C=O) groups excluding carboxylic acids is 1. The predicted octanol–water partition coefficient (Wildman–Crippen LogP) is 1.71. The molecular formula is C12H15N3O3. The first-order chi connectivity index (χ1) is 8.61. The summed E-state index contributed by atoms with van der Waals surface area (Å²) in [5, 5.41) is 3.88. The van der Waals surface area contributed by atoms with Gasteiger partial charge in [-0.05, 0) is 20.8 Å². The molecule has 0 radical (unpaired) electrons. The highest BCUT2D eigenvalue weighted by Crippen LogP contribution is 2.14. The average molecular weight is 249 g/mol. The predicted molar refractivity (Wildman–Crippen MR) is 63.3 cm³/mol. The van der Waals surface area contributed by atoms with Crippen LogP contribution in [0.4, 0.5) is 0 Å². The molecule has 0 N–H and O–H groups in total. The summed E-state index contributed by atoms with van der Waals surface area (Å²) in [6, 6.07) is 0. The van der Waals surface area contributed by atoms with Crippen LogP contribution in [0.3, 0.4) is 0 Å². The fourth-order valence-corrected chi connectivity index (χ4v) is 1.67. The van der Waals surface area contributed by atoms with Crippen LogP contribution in [0.15, 0.2) is 17.0 Å². The first kappa shape index (κ1) is 12.3. The molecule has 18 heavy (non-hydrogen) atoms. The molecule has 0 bridgehead atoms. The molecule has 0 atom stereocenters. The van der Waals surface area contributed by atoms with Gasteiger partial charge in [0.05, 0.1) is 25.2 Å². The van der Waals surface area contributed by atoms with Gasteiger partial charge in [0.1, 0.15) is 5.76 Å². The lowest BCUT2D eigenvalue weighted by molar-refractivity contribution is 0.0520. The SMILES string of the molecule is CCOC(=O)c1cn(Cc2c(C)noc2C)cn1. The van der Waals surface area contributed by atoms with Crippen LogP contribution in [0.25, 0.3) is 0 Å². The summed E-state index contributed by atoms with van der Waals surface area (Å²) >= 11 is 0. The van der Waals surface area contributed by atoms with Crippen molar-refractivity contribution >= 4 is 5.97 Å². The van der Waals surface area contributed by atoms with E-state index in [4.69, 9.17) is 9.26 Å². The molecule has 2 aromatic heterocycles. The van der Waals surface area contributed by atoms with Crippen molar-refractivity contribution in [1.29, 1.82) is 0 Å². The summed E-state index contributed by atoms with van der Waals surface area (Å²) in [5.74, 6) is 0.369. The molecule has 0 aliphatic rings. The Kier molecular flexibility index (Phi) is 3.45. The molecule has 6 nitrogen and oxygen atoms in total. The minimum Gasteiger partial charge on any atom is -0.461 e. The zero-order valence-electron chi connectivity index (χ0n) is 10.6. The van der Waals surface area contributed by atoms with E-state index in [0.29, 0.717) is 18.8 Å². The Bertz CT molecular complexity index is 537. The lowest BCUT2D eigenvalue weighted by Crippen LogP contribution is -2.05. The van der Waals surface area contributed by atoms with Crippen molar-refractivity contribution in [3.8, 4) is 0 Å². The van der Waals surface area contributed by atoms with Gasteiger partial charge in [-0.15, -0.1) is 0 Å². The van der Waals surface area contributed by atoms with Crippen LogP contribution in [0.2, 0.25) is 0 Å². The number of hydrogen-bond donors (Lipinski definition) is 0. The van der Waals surface area contributed by atoms with E-state index in [2.05, 4.69) is 10.1 Å². The third kappa shape index (κ3) is 2.42. The van der Waals surface area contributed by atoms with Gasteiger partial charge >= 0.3 is 5.97 Å². The molecule has 0 aliphatic carbocycles. The van der Waals surface area contributed by atoms with Gasteiger partial charge in [0.2, 0.25) is 0 Å². The molecule has 0 aliphatic heterocycles. The molecule has 96 valence electrons. The molecule has 2 heterocycles. The van der Waals surface area contributed by atoms with Gasteiger partial charge in [-0.1, -0.05) is 5.16 Å². The lowest BCUT2D eigenvalue weighted by atomic mass is 10.2. The summed E-state index contributed by atoms with van der Waals surface area (Å²) in [4.78, 5) is 15.5. The molecule has 0 unspecified atom stereocenters. The molecular weight excluding hydrogens is 234 g/mol. The summed E-state index contributed by atoms with van der Waals surface area (Å²) in [6.45, 7) is 6.43. The Labute approximate surface area is 105 Å². The zero-order valence-corrected chi connectivity index (χ0v) is 10.6. The van der Waals surface area contributed by atoms with Crippen molar-refractivity contribution in [1.82, 2.24) is 14.7 Å². The van der Waals surface area contributed by atoms with E-state index in [1.165, 1.54) is 0 Å². The quantitative estimate of drug-likeness (QED) is 0.771. The summed E-state index contributed by atoms with van der Waals surface area (Å²) in [6.07, 6.45) is 3.25. The first-order valence-corrected chi connectivity index (χ1v) is 5.72. The summed E-state index contributed by atoms with van der Waals surface area (Å²) in [7, 11) is 0. The number of carbonyl (C=O) groups is 1. The molecule has 0 saturated carbocycles. The normalized spacial score (nSPS) is 10.6. The minimum atomic E-state index is -0.407. The third-order valence-electron chi connectivity index (χ3n) is 2.64. The highest BCUT2D eigenvalue weighted by atomic mass is 16.5. The first-order valence-electron chi connectivity index (χ1n) is 5.72. The molecule has 0 amide bonds. The second kappa shape index (κ2) is 5.03. The molecule has 0 spiro atoms. The van der Waals surface area contributed by atoms with Crippen molar-refractivity contribution in [2.45, 2.75) is 27.3 Å². The monoisotopic (exact) mass is 249 g/mol. The number of ether oxygens (including phenoxy) is 1. The molecule has 2 aromatic rings. The highest BCUT2D eigenvalue weighted by molar-refractivity contribution is 5.86. The second-order valence-corrected chi connectivity index (χ2v) is 3.95. The maximum atomic E-state index is 11.5. The van der Waals surface area contributed by atoms with Crippen molar-refractivity contribution in [2.24, 2.45) is 0 Å². The number of nitrogens with zero attached hydrogens (tertiary/aromatic N) is 3. The maximum absolute atomic E-state index is 11.5. The summed E-state index contributed by atoms with van der Waals surface area (Å²) in [5.41, 5.74) is 2.16. The van der Waals surface area contributed by atoms with E-state index >= 15 is 0 Å². The molecule has 0 fully saturated rings. The standard InChI is InChI=1S/C12H15N3O3/c1-4-17-12(16)11-6-15(7-13-11)5-10-8(2)14-18-9(10)3/h6-7H,4-5H2,1-3H3. The number of imidazole rings is 1. The van der Waals surface area contributed by atoms with Crippen molar-refractivity contribution in [3.63, 3.8) is 0 Å². The third-order valence-corrected chi connectivity index (χ3v) is 2.64. The van der Waals surface area contributed by atoms with Gasteiger partial charge in [0.15, 0.2) is 5.69 Å². The Morgan fingerprint density at radius 1 is 1.50 bits per heavy atom. The molecule has 6 heteroatoms. The molecule has 0 aromatic carbocycles. The Morgan fingerprint density at radius 3 is 2.89 bits per heavy atom. The molecule has 0 saturated heterocycles. The minimum absolute atomic E-state index is 0.309. The second-order valence-electron chi connectivity index (χ2n) is 3.95. The van der Waals surface area contributed by atoms with E-state index in [1.54, 1.807) is 24.0 Å². The number of esters is 1. The van der Waals surface area contributed by atoms with Gasteiger partial charge in [-0.25, -0.2) is 9.78 Å². The Balaban J connectivity index is 2.14. The van der Waals surface area contributed by atoms with E-state index < -0.39 is 5.97 Å². The van der Waals surface area contributed by atoms with Crippen LogP contribution in [-0.2, 0) is 11.3 Å². The van der Waals surface area contributed by atoms with Gasteiger partial charge in [-0.2, -0.15) is 0 Å². The lowest BCUT2D eigenvalue weighted by Gasteiger charge is -2.00. The number of aromatic nitrogens is 3. The summed E-state index contributed by atoms with van der Waals surface area (Å²) < 4.78 is 11.8. The smallest absolute Gasteiger partial charge is 0.358 e. The van der Waals surface area contributed by atoms with E-state index in [0.717, 1.165) is 17.0 Å². The number of aryl methyl sites for hydroxylation is 2. The highest BCUT2D eigenvalue weighted by Gasteiger charge is 2.13. The van der Waals surface area contributed by atoms with E-state index in [9.17, 15) is 4.79 Å². The van der Waals surface area contributed by atoms with Crippen molar-refractivity contribution < 1.29 is 14.1 Å².